The van der Waals surface area contributed by atoms with Crippen LogP contribution in [0.5, 0.6) is 0 Å². The maximum atomic E-state index is 12.3. The first kappa shape index (κ1) is 19.8. The predicted octanol–water partition coefficient (Wildman–Crippen LogP) is 0.745. The van der Waals surface area contributed by atoms with Crippen molar-refractivity contribution in [3.63, 3.8) is 0 Å². The summed E-state index contributed by atoms with van der Waals surface area (Å²) in [6, 6.07) is 14.5. The highest BCUT2D eigenvalue weighted by atomic mass is 16.2. The number of aromatic nitrogens is 1. The minimum atomic E-state index is -0.467. The second kappa shape index (κ2) is 9.85. The third-order valence-corrected chi connectivity index (χ3v) is 4.85. The summed E-state index contributed by atoms with van der Waals surface area (Å²) in [6.45, 7) is 2.96. The van der Waals surface area contributed by atoms with Gasteiger partial charge in [-0.25, -0.2) is 0 Å². The van der Waals surface area contributed by atoms with E-state index < -0.39 is 6.04 Å². The van der Waals surface area contributed by atoms with Crippen molar-refractivity contribution < 1.29 is 9.59 Å². The molecule has 2 heterocycles. The van der Waals surface area contributed by atoms with E-state index in [0.29, 0.717) is 32.6 Å². The van der Waals surface area contributed by atoms with Gasteiger partial charge in [-0.05, 0) is 18.1 Å². The summed E-state index contributed by atoms with van der Waals surface area (Å²) in [5, 5.41) is 5.71. The Morgan fingerprint density at radius 2 is 1.89 bits per heavy atom. The van der Waals surface area contributed by atoms with E-state index in [1.54, 1.807) is 16.8 Å². The Balaban J connectivity index is 1.48. The molecule has 1 aliphatic rings. The van der Waals surface area contributed by atoms with Crippen LogP contribution >= 0.6 is 0 Å². The molecule has 1 unspecified atom stereocenters. The van der Waals surface area contributed by atoms with Gasteiger partial charge in [0.2, 0.25) is 17.4 Å². The summed E-state index contributed by atoms with van der Waals surface area (Å²) < 4.78 is 1.61. The van der Waals surface area contributed by atoms with Gasteiger partial charge in [0, 0.05) is 45.0 Å². The molecular weight excluding hydrogens is 356 g/mol. The Kier molecular flexibility index (Phi) is 6.97. The lowest BCUT2D eigenvalue weighted by molar-refractivity contribution is -0.134. The number of aryl methyl sites for hydroxylation is 1. The highest BCUT2D eigenvalue weighted by Gasteiger charge is 2.31. The molecule has 1 atom stereocenters. The van der Waals surface area contributed by atoms with Gasteiger partial charge in [0.05, 0.1) is 12.5 Å². The maximum absolute atomic E-state index is 12.3. The minimum Gasteiger partial charge on any atom is -0.356 e. The minimum absolute atomic E-state index is 0.0516. The molecule has 1 aromatic carbocycles. The van der Waals surface area contributed by atoms with Gasteiger partial charge in [0.25, 0.3) is 0 Å². The normalized spacial score (nSPS) is 17.1. The predicted molar refractivity (Wildman–Crippen MR) is 107 cm³/mol. The highest BCUT2D eigenvalue weighted by Crippen LogP contribution is 2.13. The van der Waals surface area contributed by atoms with Crippen LogP contribution in [0.4, 0.5) is 0 Å². The Bertz CT molecular complexity index is 850. The van der Waals surface area contributed by atoms with Gasteiger partial charge in [-0.15, -0.1) is 0 Å². The first-order valence-electron chi connectivity index (χ1n) is 9.61. The maximum Gasteiger partial charge on any atom is 0.250 e. The molecule has 2 amide bonds. The molecular formula is C21H26N4O3. The molecule has 28 heavy (non-hydrogen) atoms. The van der Waals surface area contributed by atoms with Gasteiger partial charge in [0.1, 0.15) is 0 Å². The number of benzene rings is 1. The molecule has 0 spiro atoms. The summed E-state index contributed by atoms with van der Waals surface area (Å²) in [6.07, 6.45) is 2.52. The molecule has 3 rings (SSSR count). The van der Waals surface area contributed by atoms with Crippen molar-refractivity contribution in [2.75, 3.05) is 19.6 Å². The van der Waals surface area contributed by atoms with Crippen molar-refractivity contribution in [3.05, 3.63) is 70.6 Å². The molecule has 1 aliphatic heterocycles. The standard InChI is InChI=1S/C21H26N4O3/c26-19(22-10-6-13-24-12-5-4-9-20(24)27)15-18-21(28)23-11-14-25(18)16-17-7-2-1-3-8-17/h1-5,7-9,12,18H,6,10-11,13-16H2,(H,22,26)(H,23,28). The summed E-state index contributed by atoms with van der Waals surface area (Å²) in [5.74, 6) is -0.256. The number of carbonyl (C=O) groups is 2. The van der Waals surface area contributed by atoms with Crippen LogP contribution in [0.15, 0.2) is 59.5 Å². The lowest BCUT2D eigenvalue weighted by Gasteiger charge is -2.34. The van der Waals surface area contributed by atoms with Gasteiger partial charge in [-0.1, -0.05) is 36.4 Å². The van der Waals surface area contributed by atoms with E-state index >= 15 is 0 Å². The first-order valence-corrected chi connectivity index (χ1v) is 9.61. The van der Waals surface area contributed by atoms with Crippen molar-refractivity contribution in [3.8, 4) is 0 Å². The van der Waals surface area contributed by atoms with E-state index in [4.69, 9.17) is 0 Å². The zero-order valence-electron chi connectivity index (χ0n) is 15.8. The van der Waals surface area contributed by atoms with Crippen LogP contribution < -0.4 is 16.2 Å². The van der Waals surface area contributed by atoms with Gasteiger partial charge < -0.3 is 15.2 Å². The molecule has 1 fully saturated rings. The Morgan fingerprint density at radius 1 is 1.11 bits per heavy atom. The van der Waals surface area contributed by atoms with Crippen LogP contribution in [0.1, 0.15) is 18.4 Å². The number of hydrogen-bond acceptors (Lipinski definition) is 4. The van der Waals surface area contributed by atoms with E-state index in [2.05, 4.69) is 15.5 Å². The Labute approximate surface area is 164 Å². The summed E-state index contributed by atoms with van der Waals surface area (Å²) >= 11 is 0. The van der Waals surface area contributed by atoms with Gasteiger partial charge in [-0.2, -0.15) is 0 Å². The molecule has 7 heteroatoms. The van der Waals surface area contributed by atoms with E-state index in [-0.39, 0.29) is 23.8 Å². The van der Waals surface area contributed by atoms with E-state index in [9.17, 15) is 14.4 Å². The average Bonchev–Trinajstić information content (AvgIpc) is 2.70. The van der Waals surface area contributed by atoms with Crippen molar-refractivity contribution in [2.24, 2.45) is 0 Å². The molecule has 7 nitrogen and oxygen atoms in total. The number of amides is 2. The van der Waals surface area contributed by atoms with Crippen LogP contribution in [0, 0.1) is 0 Å². The fourth-order valence-electron chi connectivity index (χ4n) is 3.36. The SMILES string of the molecule is O=C(CC1C(=O)NCCN1Cc1ccccc1)NCCCn1ccccc1=O. The van der Waals surface area contributed by atoms with Gasteiger partial charge in [0.15, 0.2) is 0 Å². The first-order chi connectivity index (χ1) is 13.6. The largest absolute Gasteiger partial charge is 0.356 e. The fraction of sp³-hybridized carbons (Fsp3) is 0.381. The van der Waals surface area contributed by atoms with Crippen molar-refractivity contribution in [1.82, 2.24) is 20.1 Å². The van der Waals surface area contributed by atoms with E-state index in [1.807, 2.05) is 36.4 Å². The quantitative estimate of drug-likeness (QED) is 0.660. The number of rotatable bonds is 8. The lowest BCUT2D eigenvalue weighted by atomic mass is 10.1. The highest BCUT2D eigenvalue weighted by molar-refractivity contribution is 5.88. The number of nitrogens with one attached hydrogen (secondary N) is 2. The lowest BCUT2D eigenvalue weighted by Crippen LogP contribution is -2.56. The summed E-state index contributed by atoms with van der Waals surface area (Å²) in [4.78, 5) is 38.4. The molecule has 0 radical (unpaired) electrons. The van der Waals surface area contributed by atoms with Gasteiger partial charge >= 0.3 is 0 Å². The zero-order valence-corrected chi connectivity index (χ0v) is 15.8. The molecule has 0 bridgehead atoms. The van der Waals surface area contributed by atoms with Crippen LogP contribution in [0.3, 0.4) is 0 Å². The number of hydrogen-bond donors (Lipinski definition) is 2. The third-order valence-electron chi connectivity index (χ3n) is 4.85. The number of piperazine rings is 1. The van der Waals surface area contributed by atoms with E-state index in [1.165, 1.54) is 6.07 Å². The molecule has 1 aromatic heterocycles. The smallest absolute Gasteiger partial charge is 0.250 e. The fourth-order valence-corrected chi connectivity index (χ4v) is 3.36. The second-order valence-electron chi connectivity index (χ2n) is 6.90. The molecule has 1 saturated heterocycles. The van der Waals surface area contributed by atoms with Crippen LogP contribution in [0.2, 0.25) is 0 Å². The number of pyridine rings is 1. The van der Waals surface area contributed by atoms with Gasteiger partial charge in [-0.3, -0.25) is 19.3 Å². The van der Waals surface area contributed by atoms with Crippen LogP contribution in [-0.2, 0) is 22.7 Å². The third kappa shape index (κ3) is 5.53. The van der Waals surface area contributed by atoms with Crippen LogP contribution in [-0.4, -0.2) is 47.0 Å². The van der Waals surface area contributed by atoms with Crippen molar-refractivity contribution in [2.45, 2.75) is 32.0 Å². The molecule has 0 saturated carbocycles. The second-order valence-corrected chi connectivity index (χ2v) is 6.90. The number of nitrogens with zero attached hydrogens (tertiary/aromatic N) is 2. The van der Waals surface area contributed by atoms with Crippen LogP contribution in [0.25, 0.3) is 0 Å². The molecule has 2 N–H and O–H groups in total. The monoisotopic (exact) mass is 382 g/mol. The Morgan fingerprint density at radius 3 is 2.68 bits per heavy atom. The molecule has 0 aliphatic carbocycles. The summed E-state index contributed by atoms with van der Waals surface area (Å²) in [5.41, 5.74) is 1.07. The number of carbonyl (C=O) groups excluding carboxylic acids is 2. The van der Waals surface area contributed by atoms with Crippen molar-refractivity contribution in [1.29, 1.82) is 0 Å². The summed E-state index contributed by atoms with van der Waals surface area (Å²) in [7, 11) is 0. The Hall–Kier alpha value is -2.93. The van der Waals surface area contributed by atoms with Crippen molar-refractivity contribution >= 4 is 11.8 Å². The average molecular weight is 382 g/mol. The zero-order chi connectivity index (χ0) is 19.8. The van der Waals surface area contributed by atoms with E-state index in [0.717, 1.165) is 12.1 Å². The topological polar surface area (TPSA) is 83.4 Å². The molecule has 148 valence electrons. The molecule has 2 aromatic rings.